The molecule has 0 aliphatic heterocycles. The molecular weight excluding hydrogens is 452 g/mol. The van der Waals surface area contributed by atoms with Gasteiger partial charge in [-0.1, -0.05) is 37.3 Å². The maximum atomic E-state index is 11.7. The first kappa shape index (κ1) is 24.8. The number of rotatable bonds is 7. The zero-order valence-corrected chi connectivity index (χ0v) is 18.5. The molecule has 2 N–H and O–H groups in total. The van der Waals surface area contributed by atoms with E-state index in [-0.39, 0.29) is 10.3 Å². The fourth-order valence-corrected chi connectivity index (χ4v) is 2.81. The van der Waals surface area contributed by atoms with E-state index in [1.54, 1.807) is 37.3 Å². The Morgan fingerprint density at radius 3 is 1.90 bits per heavy atom. The molecule has 7 heteroatoms. The molecular formula is C23H23BrO6. The zero-order valence-electron chi connectivity index (χ0n) is 16.9. The lowest BCUT2D eigenvalue weighted by Gasteiger charge is -2.02. The van der Waals surface area contributed by atoms with E-state index in [2.05, 4.69) is 22.9 Å². The first-order valence-corrected chi connectivity index (χ1v) is 9.80. The number of carbonyl (C=O) groups excluding carboxylic acids is 1. The second-order valence-electron chi connectivity index (χ2n) is 5.95. The summed E-state index contributed by atoms with van der Waals surface area (Å²) < 4.78 is 4.95. The Morgan fingerprint density at radius 1 is 0.967 bits per heavy atom. The summed E-state index contributed by atoms with van der Waals surface area (Å²) in [5.74, 6) is -1.80. The molecule has 2 rings (SSSR count). The van der Waals surface area contributed by atoms with Crippen molar-refractivity contribution in [1.29, 1.82) is 0 Å². The Balaban J connectivity index is 0.000000303. The molecule has 0 radical (unpaired) electrons. The maximum Gasteiger partial charge on any atom is 0.335 e. The molecule has 0 fully saturated rings. The van der Waals surface area contributed by atoms with Crippen molar-refractivity contribution in [2.75, 3.05) is 7.11 Å². The minimum atomic E-state index is -1.17. The van der Waals surface area contributed by atoms with Crippen molar-refractivity contribution in [3.8, 4) is 5.75 Å². The number of carboxylic acid groups (broad SMARTS) is 2. The van der Waals surface area contributed by atoms with E-state index in [0.717, 1.165) is 18.1 Å². The van der Waals surface area contributed by atoms with Crippen LogP contribution in [0.15, 0.2) is 65.2 Å². The summed E-state index contributed by atoms with van der Waals surface area (Å²) in [6, 6.07) is 14.0. The van der Waals surface area contributed by atoms with Crippen molar-refractivity contribution in [3.05, 3.63) is 81.9 Å². The number of ether oxygens (including phenoxy) is 1. The molecule has 0 atom stereocenters. The third-order valence-electron chi connectivity index (χ3n) is 4.01. The van der Waals surface area contributed by atoms with Gasteiger partial charge in [0, 0.05) is 11.6 Å². The van der Waals surface area contributed by atoms with Gasteiger partial charge in [0.25, 0.3) is 0 Å². The number of ketones is 1. The maximum absolute atomic E-state index is 11.7. The molecule has 158 valence electrons. The van der Waals surface area contributed by atoms with Crippen LogP contribution in [0.25, 0.3) is 5.57 Å². The van der Waals surface area contributed by atoms with Crippen LogP contribution in [0.5, 0.6) is 5.75 Å². The summed E-state index contributed by atoms with van der Waals surface area (Å²) in [6.07, 6.45) is 3.40. The molecule has 0 amide bonds. The SMILES string of the molecule is CC=C(C(=O)O)c1ccc(CC)cc1.COc1ccc(C(=O)C(Br)=CC(=O)O)cc1. The fraction of sp³-hybridized carbons (Fsp3) is 0.174. The third-order valence-corrected chi connectivity index (χ3v) is 4.60. The van der Waals surface area contributed by atoms with Gasteiger partial charge >= 0.3 is 11.9 Å². The van der Waals surface area contributed by atoms with Crippen molar-refractivity contribution in [1.82, 2.24) is 0 Å². The predicted molar refractivity (Wildman–Crippen MR) is 119 cm³/mol. The Kier molecular flexibility index (Phi) is 10.3. The highest BCUT2D eigenvalue weighted by atomic mass is 79.9. The highest BCUT2D eigenvalue weighted by Crippen LogP contribution is 2.17. The predicted octanol–water partition coefficient (Wildman–Crippen LogP) is 4.98. The first-order valence-electron chi connectivity index (χ1n) is 9.01. The number of hydrogen-bond donors (Lipinski definition) is 2. The number of hydrogen-bond acceptors (Lipinski definition) is 4. The van der Waals surface area contributed by atoms with E-state index in [9.17, 15) is 14.4 Å². The van der Waals surface area contributed by atoms with Crippen LogP contribution >= 0.6 is 15.9 Å². The Bertz CT molecular complexity index is 941. The molecule has 0 saturated heterocycles. The van der Waals surface area contributed by atoms with E-state index in [1.807, 2.05) is 24.3 Å². The molecule has 2 aromatic rings. The van der Waals surface area contributed by atoms with Gasteiger partial charge in [-0.15, -0.1) is 0 Å². The number of carboxylic acids is 2. The van der Waals surface area contributed by atoms with Gasteiger partial charge in [0.05, 0.1) is 17.2 Å². The number of Topliss-reactive ketones (excluding diaryl/α,β-unsaturated/α-hetero) is 1. The molecule has 0 bridgehead atoms. The smallest absolute Gasteiger partial charge is 0.335 e. The van der Waals surface area contributed by atoms with Gasteiger partial charge in [-0.25, -0.2) is 9.59 Å². The van der Waals surface area contributed by atoms with Crippen molar-refractivity contribution in [2.45, 2.75) is 20.3 Å². The van der Waals surface area contributed by atoms with Gasteiger partial charge in [-0.05, 0) is 64.7 Å². The second-order valence-corrected chi connectivity index (χ2v) is 6.80. The third kappa shape index (κ3) is 7.67. The molecule has 0 unspecified atom stereocenters. The number of aliphatic carboxylic acids is 2. The molecule has 6 nitrogen and oxygen atoms in total. The van der Waals surface area contributed by atoms with Crippen molar-refractivity contribution in [3.63, 3.8) is 0 Å². The standard InChI is InChI=1S/C12H14O2.C11H9BrO4/c1-3-9-5-7-10(8-6-9)11(4-2)12(13)14;1-16-8-4-2-7(3-5-8)11(15)9(12)6-10(13)14/h4-8H,3H2,1-2H3,(H,13,14);2-6H,1H3,(H,13,14). The highest BCUT2D eigenvalue weighted by molar-refractivity contribution is 9.12. The first-order chi connectivity index (χ1) is 14.2. The lowest BCUT2D eigenvalue weighted by molar-refractivity contribution is -0.132. The summed E-state index contributed by atoms with van der Waals surface area (Å²) in [5, 5.41) is 17.4. The van der Waals surface area contributed by atoms with E-state index < -0.39 is 11.9 Å². The summed E-state index contributed by atoms with van der Waals surface area (Å²) in [4.78, 5) is 32.8. The van der Waals surface area contributed by atoms with Crippen LogP contribution < -0.4 is 4.74 Å². The molecule has 0 aliphatic carbocycles. The topological polar surface area (TPSA) is 101 Å². The van der Waals surface area contributed by atoms with E-state index >= 15 is 0 Å². The second kappa shape index (κ2) is 12.4. The van der Waals surface area contributed by atoms with Crippen LogP contribution in [0.3, 0.4) is 0 Å². The molecule has 0 spiro atoms. The van der Waals surface area contributed by atoms with Crippen molar-refractivity contribution < 1.29 is 29.3 Å². The van der Waals surface area contributed by atoms with Gasteiger partial charge in [-0.2, -0.15) is 0 Å². The molecule has 30 heavy (non-hydrogen) atoms. The van der Waals surface area contributed by atoms with Gasteiger partial charge in [-0.3, -0.25) is 4.79 Å². The number of benzene rings is 2. The van der Waals surface area contributed by atoms with Crippen LogP contribution in [0.1, 0.15) is 35.3 Å². The van der Waals surface area contributed by atoms with Gasteiger partial charge in [0.2, 0.25) is 0 Å². The number of carbonyl (C=O) groups is 3. The lowest BCUT2D eigenvalue weighted by Crippen LogP contribution is -2.01. The zero-order chi connectivity index (χ0) is 22.7. The quantitative estimate of drug-likeness (QED) is 0.433. The number of allylic oxidation sites excluding steroid dienone is 2. The number of methoxy groups -OCH3 is 1. The fourth-order valence-electron chi connectivity index (χ4n) is 2.39. The minimum absolute atomic E-state index is 0.00478. The number of halogens is 1. The van der Waals surface area contributed by atoms with Crippen LogP contribution in [0.4, 0.5) is 0 Å². The average Bonchev–Trinajstić information content (AvgIpc) is 2.74. The molecule has 0 aliphatic rings. The van der Waals surface area contributed by atoms with Crippen LogP contribution in [-0.4, -0.2) is 35.0 Å². The van der Waals surface area contributed by atoms with Gasteiger partial charge in [0.15, 0.2) is 5.78 Å². The largest absolute Gasteiger partial charge is 0.497 e. The van der Waals surface area contributed by atoms with Crippen LogP contribution in [0, 0.1) is 0 Å². The molecule has 0 heterocycles. The summed E-state index contributed by atoms with van der Waals surface area (Å²) in [6.45, 7) is 3.81. The summed E-state index contributed by atoms with van der Waals surface area (Å²) >= 11 is 2.92. The normalized spacial score (nSPS) is 11.2. The highest BCUT2D eigenvalue weighted by Gasteiger charge is 2.11. The summed E-state index contributed by atoms with van der Waals surface area (Å²) in [7, 11) is 1.52. The minimum Gasteiger partial charge on any atom is -0.497 e. The average molecular weight is 475 g/mol. The molecule has 0 aromatic heterocycles. The molecule has 2 aromatic carbocycles. The van der Waals surface area contributed by atoms with E-state index in [1.165, 1.54) is 12.7 Å². The van der Waals surface area contributed by atoms with Gasteiger partial charge in [0.1, 0.15) is 5.75 Å². The van der Waals surface area contributed by atoms with E-state index in [4.69, 9.17) is 14.9 Å². The Morgan fingerprint density at radius 2 is 1.50 bits per heavy atom. The lowest BCUT2D eigenvalue weighted by atomic mass is 10.0. The Labute approximate surface area is 183 Å². The van der Waals surface area contributed by atoms with Gasteiger partial charge < -0.3 is 14.9 Å². The monoisotopic (exact) mass is 474 g/mol. The van der Waals surface area contributed by atoms with E-state index in [0.29, 0.717) is 16.9 Å². The van der Waals surface area contributed by atoms with Crippen LogP contribution in [0.2, 0.25) is 0 Å². The van der Waals surface area contributed by atoms with Crippen molar-refractivity contribution >= 4 is 39.2 Å². The van der Waals surface area contributed by atoms with Crippen LogP contribution in [-0.2, 0) is 16.0 Å². The number of aryl methyl sites for hydroxylation is 1. The molecule has 0 saturated carbocycles. The Hall–Kier alpha value is -3.19. The summed E-state index contributed by atoms with van der Waals surface area (Å²) in [5.41, 5.74) is 2.73. The van der Waals surface area contributed by atoms with Crippen molar-refractivity contribution in [2.24, 2.45) is 0 Å².